The predicted octanol–water partition coefficient (Wildman–Crippen LogP) is 1.63. The molecule has 0 spiro atoms. The topological polar surface area (TPSA) is 70.9 Å². The molecule has 0 aliphatic heterocycles. The summed E-state index contributed by atoms with van der Waals surface area (Å²) < 4.78 is 0. The maximum absolute atomic E-state index is 12.0. The van der Waals surface area contributed by atoms with E-state index in [4.69, 9.17) is 5.73 Å². The molecule has 1 amide bonds. The molecule has 1 aromatic heterocycles. The zero-order valence-corrected chi connectivity index (χ0v) is 9.86. The van der Waals surface area contributed by atoms with Crippen molar-refractivity contribution in [1.29, 1.82) is 0 Å². The molecule has 0 radical (unpaired) electrons. The van der Waals surface area contributed by atoms with Gasteiger partial charge in [0.25, 0.3) is 5.91 Å². The molecular formula is C13H17N3O. The fourth-order valence-corrected chi connectivity index (χ4v) is 1.72. The third-order valence-corrected chi connectivity index (χ3v) is 2.88. The van der Waals surface area contributed by atoms with E-state index in [1.165, 1.54) is 0 Å². The number of hydrogen-bond donors (Lipinski definition) is 3. The van der Waals surface area contributed by atoms with E-state index in [-0.39, 0.29) is 11.9 Å². The zero-order chi connectivity index (χ0) is 12.3. The number of aromatic nitrogens is 1. The first-order valence-electron chi connectivity index (χ1n) is 5.82. The molecular weight excluding hydrogens is 214 g/mol. The Hall–Kier alpha value is -1.81. The molecule has 0 aliphatic rings. The van der Waals surface area contributed by atoms with Crippen LogP contribution in [0.3, 0.4) is 0 Å². The van der Waals surface area contributed by atoms with E-state index in [1.807, 2.05) is 31.2 Å². The molecule has 2 aromatic rings. The SMILES string of the molecule is CCC(N)CNC(=O)c1c[nH]c2ccccc12. The smallest absolute Gasteiger partial charge is 0.253 e. The minimum Gasteiger partial charge on any atom is -0.360 e. The molecule has 0 saturated carbocycles. The number of para-hydroxylation sites is 1. The van der Waals surface area contributed by atoms with Gasteiger partial charge in [-0.15, -0.1) is 0 Å². The second-order valence-corrected chi connectivity index (χ2v) is 4.13. The van der Waals surface area contributed by atoms with Gasteiger partial charge in [0.15, 0.2) is 0 Å². The quantitative estimate of drug-likeness (QED) is 0.748. The molecule has 0 fully saturated rings. The molecule has 4 N–H and O–H groups in total. The number of aromatic amines is 1. The molecule has 90 valence electrons. The van der Waals surface area contributed by atoms with Crippen LogP contribution in [0.1, 0.15) is 23.7 Å². The van der Waals surface area contributed by atoms with Gasteiger partial charge < -0.3 is 16.0 Å². The van der Waals surface area contributed by atoms with E-state index in [2.05, 4.69) is 10.3 Å². The summed E-state index contributed by atoms with van der Waals surface area (Å²) in [4.78, 5) is 15.0. The van der Waals surface area contributed by atoms with Crippen LogP contribution in [0.2, 0.25) is 0 Å². The van der Waals surface area contributed by atoms with Crippen molar-refractivity contribution in [2.45, 2.75) is 19.4 Å². The lowest BCUT2D eigenvalue weighted by Crippen LogP contribution is -2.36. The van der Waals surface area contributed by atoms with Crippen LogP contribution < -0.4 is 11.1 Å². The van der Waals surface area contributed by atoms with E-state index in [0.717, 1.165) is 17.3 Å². The van der Waals surface area contributed by atoms with Gasteiger partial charge in [-0.2, -0.15) is 0 Å². The molecule has 0 bridgehead atoms. The number of benzene rings is 1. The van der Waals surface area contributed by atoms with Gasteiger partial charge in [0, 0.05) is 29.7 Å². The highest BCUT2D eigenvalue weighted by atomic mass is 16.1. The summed E-state index contributed by atoms with van der Waals surface area (Å²) in [7, 11) is 0. The maximum atomic E-state index is 12.0. The highest BCUT2D eigenvalue weighted by Gasteiger charge is 2.11. The molecule has 4 heteroatoms. The highest BCUT2D eigenvalue weighted by Crippen LogP contribution is 2.17. The Kier molecular flexibility index (Phi) is 3.44. The first-order valence-corrected chi connectivity index (χ1v) is 5.82. The lowest BCUT2D eigenvalue weighted by Gasteiger charge is -2.09. The number of nitrogens with one attached hydrogen (secondary N) is 2. The van der Waals surface area contributed by atoms with Crippen LogP contribution in [-0.2, 0) is 0 Å². The van der Waals surface area contributed by atoms with Crippen LogP contribution in [0.5, 0.6) is 0 Å². The third kappa shape index (κ3) is 2.47. The minimum atomic E-state index is -0.0775. The van der Waals surface area contributed by atoms with Crippen molar-refractivity contribution in [1.82, 2.24) is 10.3 Å². The number of carbonyl (C=O) groups excluding carboxylic acids is 1. The van der Waals surface area contributed by atoms with Crippen molar-refractivity contribution >= 4 is 16.8 Å². The number of carbonyl (C=O) groups is 1. The van der Waals surface area contributed by atoms with Crippen LogP contribution in [0.15, 0.2) is 30.5 Å². The number of amides is 1. The van der Waals surface area contributed by atoms with Gasteiger partial charge in [-0.1, -0.05) is 25.1 Å². The molecule has 1 atom stereocenters. The normalized spacial score (nSPS) is 12.6. The Labute approximate surface area is 100 Å². The van der Waals surface area contributed by atoms with Gasteiger partial charge in [0.1, 0.15) is 0 Å². The molecule has 2 rings (SSSR count). The predicted molar refractivity (Wildman–Crippen MR) is 68.9 cm³/mol. The summed E-state index contributed by atoms with van der Waals surface area (Å²) >= 11 is 0. The average molecular weight is 231 g/mol. The fraction of sp³-hybridized carbons (Fsp3) is 0.308. The monoisotopic (exact) mass is 231 g/mol. The molecule has 0 aliphatic carbocycles. The van der Waals surface area contributed by atoms with E-state index >= 15 is 0 Å². The van der Waals surface area contributed by atoms with Crippen LogP contribution in [0.25, 0.3) is 10.9 Å². The molecule has 1 unspecified atom stereocenters. The molecule has 0 saturated heterocycles. The largest absolute Gasteiger partial charge is 0.360 e. The lowest BCUT2D eigenvalue weighted by atomic mass is 10.1. The summed E-state index contributed by atoms with van der Waals surface area (Å²) in [5, 5.41) is 3.78. The zero-order valence-electron chi connectivity index (χ0n) is 9.86. The van der Waals surface area contributed by atoms with Gasteiger partial charge in [-0.05, 0) is 12.5 Å². The van der Waals surface area contributed by atoms with Crippen LogP contribution in [-0.4, -0.2) is 23.5 Å². The molecule has 4 nitrogen and oxygen atoms in total. The number of rotatable bonds is 4. The minimum absolute atomic E-state index is 0.0177. The molecule has 1 heterocycles. The number of H-pyrrole nitrogens is 1. The fourth-order valence-electron chi connectivity index (χ4n) is 1.72. The average Bonchev–Trinajstić information content (AvgIpc) is 2.79. The third-order valence-electron chi connectivity index (χ3n) is 2.88. The summed E-state index contributed by atoms with van der Waals surface area (Å²) in [5.41, 5.74) is 7.40. The maximum Gasteiger partial charge on any atom is 0.253 e. The van der Waals surface area contributed by atoms with Crippen molar-refractivity contribution < 1.29 is 4.79 Å². The van der Waals surface area contributed by atoms with E-state index in [1.54, 1.807) is 6.20 Å². The van der Waals surface area contributed by atoms with Gasteiger partial charge in [0.05, 0.1) is 5.56 Å². The van der Waals surface area contributed by atoms with Crippen molar-refractivity contribution in [3.63, 3.8) is 0 Å². The van der Waals surface area contributed by atoms with Gasteiger partial charge in [0.2, 0.25) is 0 Å². The van der Waals surface area contributed by atoms with E-state index in [9.17, 15) is 4.79 Å². The first-order chi connectivity index (χ1) is 8.22. The number of nitrogens with two attached hydrogens (primary N) is 1. The van der Waals surface area contributed by atoms with Crippen molar-refractivity contribution in [3.8, 4) is 0 Å². The molecule has 17 heavy (non-hydrogen) atoms. The van der Waals surface area contributed by atoms with Gasteiger partial charge in [-0.25, -0.2) is 0 Å². The number of hydrogen-bond acceptors (Lipinski definition) is 2. The van der Waals surface area contributed by atoms with Crippen molar-refractivity contribution in [2.75, 3.05) is 6.54 Å². The summed E-state index contributed by atoms with van der Waals surface area (Å²) in [6.07, 6.45) is 2.59. The number of fused-ring (bicyclic) bond motifs is 1. The van der Waals surface area contributed by atoms with Gasteiger partial charge in [-0.3, -0.25) is 4.79 Å². The van der Waals surface area contributed by atoms with Crippen LogP contribution in [0, 0.1) is 0 Å². The van der Waals surface area contributed by atoms with E-state index in [0.29, 0.717) is 12.1 Å². The van der Waals surface area contributed by atoms with Crippen molar-refractivity contribution in [2.24, 2.45) is 5.73 Å². The Morgan fingerprint density at radius 2 is 2.24 bits per heavy atom. The highest BCUT2D eigenvalue weighted by molar-refractivity contribution is 6.06. The van der Waals surface area contributed by atoms with E-state index < -0.39 is 0 Å². The Morgan fingerprint density at radius 3 is 3.00 bits per heavy atom. The standard InChI is InChI=1S/C13H17N3O/c1-2-9(14)7-16-13(17)11-8-15-12-6-4-3-5-10(11)12/h3-6,8-9,15H,2,7,14H2,1H3,(H,16,17). The summed E-state index contributed by atoms with van der Waals surface area (Å²) in [6, 6.07) is 7.76. The van der Waals surface area contributed by atoms with Crippen LogP contribution >= 0.6 is 0 Å². The second kappa shape index (κ2) is 5.01. The Balaban J connectivity index is 2.14. The molecule has 1 aromatic carbocycles. The Bertz CT molecular complexity index is 518. The summed E-state index contributed by atoms with van der Waals surface area (Å²) in [6.45, 7) is 2.51. The van der Waals surface area contributed by atoms with Gasteiger partial charge >= 0.3 is 0 Å². The lowest BCUT2D eigenvalue weighted by molar-refractivity contribution is 0.0952. The Morgan fingerprint density at radius 1 is 1.47 bits per heavy atom. The second-order valence-electron chi connectivity index (χ2n) is 4.13. The first kappa shape index (κ1) is 11.7. The van der Waals surface area contributed by atoms with Crippen molar-refractivity contribution in [3.05, 3.63) is 36.0 Å². The summed E-state index contributed by atoms with van der Waals surface area (Å²) in [5.74, 6) is -0.0775. The van der Waals surface area contributed by atoms with Crippen LogP contribution in [0.4, 0.5) is 0 Å².